The Morgan fingerprint density at radius 1 is 1.09 bits per heavy atom. The Morgan fingerprint density at radius 2 is 1.79 bits per heavy atom. The van der Waals surface area contributed by atoms with Crippen molar-refractivity contribution >= 4 is 27.6 Å². The van der Waals surface area contributed by atoms with Crippen LogP contribution in [0.25, 0.3) is 10.4 Å². The molecular weight excluding hydrogens is 460 g/mol. The number of carbonyl (C=O) groups is 2. The zero-order valence-corrected chi connectivity index (χ0v) is 19.2. The summed E-state index contributed by atoms with van der Waals surface area (Å²) in [6.07, 6.45) is 5.27. The van der Waals surface area contributed by atoms with Gasteiger partial charge in [0.1, 0.15) is 5.75 Å². The van der Waals surface area contributed by atoms with Crippen molar-refractivity contribution in [2.45, 2.75) is 49.5 Å². The summed E-state index contributed by atoms with van der Waals surface area (Å²) < 4.78 is 27.0. The second kappa shape index (κ2) is 11.4. The van der Waals surface area contributed by atoms with Crippen LogP contribution >= 0.6 is 0 Å². The predicted octanol–water partition coefficient (Wildman–Crippen LogP) is 3.63. The number of nitrogens with zero attached hydrogens (tertiary/aromatic N) is 3. The van der Waals surface area contributed by atoms with Gasteiger partial charge in [0.25, 0.3) is 15.9 Å². The summed E-state index contributed by atoms with van der Waals surface area (Å²) in [6.45, 7) is 0.241. The first kappa shape index (κ1) is 24.9. The highest BCUT2D eigenvalue weighted by molar-refractivity contribution is 7.90. The van der Waals surface area contributed by atoms with Gasteiger partial charge in [-0.05, 0) is 54.6 Å². The van der Waals surface area contributed by atoms with E-state index in [1.54, 1.807) is 12.1 Å². The SMILES string of the molecule is [N-]=[N+]=Nc1ccc(C(=O)NCCc2ccc(S(=O)(=O)NC(=O)NC3CCCCC3)cc2)c(O)c1. The normalized spacial score (nSPS) is 14.0. The fourth-order valence-corrected chi connectivity index (χ4v) is 4.63. The molecule has 0 heterocycles. The number of hydrogen-bond acceptors (Lipinski definition) is 6. The molecule has 34 heavy (non-hydrogen) atoms. The molecule has 4 N–H and O–H groups in total. The van der Waals surface area contributed by atoms with E-state index in [1.165, 1.54) is 30.3 Å². The van der Waals surface area contributed by atoms with E-state index in [4.69, 9.17) is 5.53 Å². The van der Waals surface area contributed by atoms with Gasteiger partial charge >= 0.3 is 6.03 Å². The van der Waals surface area contributed by atoms with Gasteiger partial charge in [-0.15, -0.1) is 0 Å². The molecule has 1 saturated carbocycles. The minimum atomic E-state index is -4.00. The van der Waals surface area contributed by atoms with Crippen molar-refractivity contribution in [1.82, 2.24) is 15.4 Å². The smallest absolute Gasteiger partial charge is 0.328 e. The van der Waals surface area contributed by atoms with E-state index >= 15 is 0 Å². The number of urea groups is 1. The molecule has 3 amide bonds. The van der Waals surface area contributed by atoms with Crippen molar-refractivity contribution in [3.8, 4) is 5.75 Å². The van der Waals surface area contributed by atoms with E-state index in [0.717, 1.165) is 37.7 Å². The largest absolute Gasteiger partial charge is 0.507 e. The second-order valence-electron chi connectivity index (χ2n) is 7.95. The first-order valence-electron chi connectivity index (χ1n) is 10.9. The average molecular weight is 487 g/mol. The third-order valence-electron chi connectivity index (χ3n) is 5.49. The molecule has 0 unspecified atom stereocenters. The van der Waals surface area contributed by atoms with Gasteiger partial charge in [-0.3, -0.25) is 4.79 Å². The van der Waals surface area contributed by atoms with Crippen molar-refractivity contribution in [3.05, 3.63) is 64.0 Å². The number of azide groups is 1. The van der Waals surface area contributed by atoms with Crippen molar-refractivity contribution in [2.75, 3.05) is 6.54 Å². The van der Waals surface area contributed by atoms with Crippen molar-refractivity contribution in [3.63, 3.8) is 0 Å². The van der Waals surface area contributed by atoms with Crippen LogP contribution in [0.1, 0.15) is 48.0 Å². The molecule has 0 saturated heterocycles. The molecule has 0 spiro atoms. The lowest BCUT2D eigenvalue weighted by Crippen LogP contribution is -2.45. The Kier molecular flexibility index (Phi) is 8.34. The monoisotopic (exact) mass is 486 g/mol. The third kappa shape index (κ3) is 6.87. The number of phenolic OH excluding ortho intramolecular Hbond substituents is 1. The summed E-state index contributed by atoms with van der Waals surface area (Å²) in [5, 5.41) is 18.7. The Balaban J connectivity index is 1.50. The molecule has 3 rings (SSSR count). The van der Waals surface area contributed by atoms with E-state index in [0.29, 0.717) is 6.42 Å². The van der Waals surface area contributed by atoms with Crippen LogP contribution < -0.4 is 15.4 Å². The Hall–Kier alpha value is -3.76. The van der Waals surface area contributed by atoms with Gasteiger partial charge in [-0.1, -0.05) is 42.6 Å². The highest BCUT2D eigenvalue weighted by Crippen LogP contribution is 2.24. The van der Waals surface area contributed by atoms with Gasteiger partial charge in [0.2, 0.25) is 0 Å². The lowest BCUT2D eigenvalue weighted by molar-refractivity contribution is 0.0951. The first-order valence-corrected chi connectivity index (χ1v) is 12.4. The molecule has 0 atom stereocenters. The molecule has 0 aliphatic heterocycles. The van der Waals surface area contributed by atoms with Crippen LogP contribution in [-0.2, 0) is 16.4 Å². The maximum absolute atomic E-state index is 12.5. The molecule has 2 aromatic carbocycles. The molecule has 1 aliphatic rings. The van der Waals surface area contributed by atoms with Crippen LogP contribution in [0.2, 0.25) is 0 Å². The standard InChI is InChI=1S/C22H26N6O5S/c23-28-26-17-8-11-19(20(29)14-17)21(30)24-13-12-15-6-9-18(10-7-15)34(32,33)27-22(31)25-16-4-2-1-3-5-16/h6-11,14,16,29H,1-5,12-13H2,(H,24,30)(H2,25,27,31). The van der Waals surface area contributed by atoms with Crippen LogP contribution in [0.15, 0.2) is 52.5 Å². The van der Waals surface area contributed by atoms with E-state index in [9.17, 15) is 23.1 Å². The number of carbonyl (C=O) groups excluding carboxylic acids is 2. The average Bonchev–Trinajstić information content (AvgIpc) is 2.80. The molecule has 180 valence electrons. The summed E-state index contributed by atoms with van der Waals surface area (Å²) in [5.41, 5.74) is 9.41. The molecule has 0 radical (unpaired) electrons. The lowest BCUT2D eigenvalue weighted by Gasteiger charge is -2.22. The molecule has 11 nitrogen and oxygen atoms in total. The van der Waals surface area contributed by atoms with Crippen LogP contribution in [0, 0.1) is 0 Å². The molecule has 1 fully saturated rings. The second-order valence-corrected chi connectivity index (χ2v) is 9.64. The van der Waals surface area contributed by atoms with Gasteiger partial charge < -0.3 is 15.7 Å². The zero-order valence-electron chi connectivity index (χ0n) is 18.4. The number of rotatable bonds is 8. The van der Waals surface area contributed by atoms with Crippen LogP contribution in [-0.4, -0.2) is 38.0 Å². The Bertz CT molecular complexity index is 1190. The summed E-state index contributed by atoms with van der Waals surface area (Å²) in [6, 6.07) is 9.22. The fourth-order valence-electron chi connectivity index (χ4n) is 3.72. The first-order chi connectivity index (χ1) is 16.3. The van der Waals surface area contributed by atoms with Crippen molar-refractivity contribution < 1.29 is 23.1 Å². The summed E-state index contributed by atoms with van der Waals surface area (Å²) in [7, 11) is -4.00. The Labute approximate surface area is 197 Å². The summed E-state index contributed by atoms with van der Waals surface area (Å²) in [5.74, 6) is -0.811. The predicted molar refractivity (Wildman–Crippen MR) is 125 cm³/mol. The molecule has 0 aromatic heterocycles. The van der Waals surface area contributed by atoms with Gasteiger partial charge in [0, 0.05) is 23.2 Å². The summed E-state index contributed by atoms with van der Waals surface area (Å²) in [4.78, 5) is 26.9. The maximum Gasteiger partial charge on any atom is 0.328 e. The van der Waals surface area contributed by atoms with Crippen LogP contribution in [0.3, 0.4) is 0 Å². The lowest BCUT2D eigenvalue weighted by atomic mass is 9.96. The van der Waals surface area contributed by atoms with Crippen molar-refractivity contribution in [2.24, 2.45) is 5.11 Å². The molecule has 0 bridgehead atoms. The minimum absolute atomic E-state index is 0.00700. The molecule has 12 heteroatoms. The minimum Gasteiger partial charge on any atom is -0.507 e. The van der Waals surface area contributed by atoms with Gasteiger partial charge in [-0.25, -0.2) is 17.9 Å². The van der Waals surface area contributed by atoms with Gasteiger partial charge in [-0.2, -0.15) is 0 Å². The number of hydrogen-bond donors (Lipinski definition) is 4. The number of amides is 3. The van der Waals surface area contributed by atoms with E-state index in [1.807, 2.05) is 4.72 Å². The fraction of sp³-hybridized carbons (Fsp3) is 0.364. The topological polar surface area (TPSA) is 173 Å². The van der Waals surface area contributed by atoms with E-state index in [2.05, 4.69) is 20.7 Å². The number of sulfonamides is 1. The van der Waals surface area contributed by atoms with Gasteiger partial charge in [0.15, 0.2) is 0 Å². The molecule has 1 aliphatic carbocycles. The maximum atomic E-state index is 12.5. The zero-order chi connectivity index (χ0) is 24.6. The van der Waals surface area contributed by atoms with Crippen LogP contribution in [0.4, 0.5) is 10.5 Å². The van der Waals surface area contributed by atoms with Crippen molar-refractivity contribution in [1.29, 1.82) is 0 Å². The number of aromatic hydroxyl groups is 1. The molecule has 2 aromatic rings. The van der Waals surface area contributed by atoms with Crippen LogP contribution in [0.5, 0.6) is 5.75 Å². The highest BCUT2D eigenvalue weighted by atomic mass is 32.2. The highest BCUT2D eigenvalue weighted by Gasteiger charge is 2.21. The van der Waals surface area contributed by atoms with E-state index in [-0.39, 0.29) is 34.5 Å². The molecular formula is C22H26N6O5S. The summed E-state index contributed by atoms with van der Waals surface area (Å²) >= 11 is 0. The Morgan fingerprint density at radius 3 is 2.44 bits per heavy atom. The third-order valence-corrected chi connectivity index (χ3v) is 6.83. The van der Waals surface area contributed by atoms with Gasteiger partial charge in [0.05, 0.1) is 10.5 Å². The van der Waals surface area contributed by atoms with E-state index < -0.39 is 22.0 Å². The number of benzene rings is 2. The number of phenols is 1. The quantitative estimate of drug-likeness (QED) is 0.253. The number of nitrogens with one attached hydrogen (secondary N) is 3.